The van der Waals surface area contributed by atoms with Crippen molar-refractivity contribution in [3.05, 3.63) is 59.9 Å². The second-order valence-corrected chi connectivity index (χ2v) is 9.92. The number of anilines is 1. The van der Waals surface area contributed by atoms with Gasteiger partial charge in [0.25, 0.3) is 0 Å². The lowest BCUT2D eigenvalue weighted by Gasteiger charge is -2.40. The molecule has 0 atom stereocenters. The van der Waals surface area contributed by atoms with Crippen molar-refractivity contribution >= 4 is 16.7 Å². The van der Waals surface area contributed by atoms with Crippen LogP contribution in [0, 0.1) is 12.3 Å². The van der Waals surface area contributed by atoms with Gasteiger partial charge in [-0.05, 0) is 63.4 Å². The smallest absolute Gasteiger partial charge is 0.165 e. The minimum Gasteiger partial charge on any atom is -0.356 e. The van der Waals surface area contributed by atoms with E-state index in [0.717, 1.165) is 52.5 Å². The lowest BCUT2D eigenvalue weighted by molar-refractivity contribution is 0.222. The average molecular weight is 455 g/mol. The molecule has 1 spiro atoms. The van der Waals surface area contributed by atoms with Crippen LogP contribution in [0.25, 0.3) is 22.3 Å². The summed E-state index contributed by atoms with van der Waals surface area (Å²) in [7, 11) is 2.24. The monoisotopic (exact) mass is 454 g/mol. The Kier molecular flexibility index (Phi) is 5.25. The fourth-order valence-corrected chi connectivity index (χ4v) is 5.55. The molecule has 4 aromatic heterocycles. The van der Waals surface area contributed by atoms with Gasteiger partial charge in [-0.3, -0.25) is 15.1 Å². The van der Waals surface area contributed by atoms with Gasteiger partial charge < -0.3 is 9.80 Å². The van der Waals surface area contributed by atoms with Gasteiger partial charge in [0.2, 0.25) is 0 Å². The van der Waals surface area contributed by atoms with Crippen molar-refractivity contribution in [1.29, 1.82) is 0 Å². The number of aromatic nitrogens is 6. The number of rotatable bonds is 4. The summed E-state index contributed by atoms with van der Waals surface area (Å²) < 4.78 is 0. The molecule has 0 aromatic carbocycles. The number of aryl methyl sites for hydroxylation is 1. The number of pyridine rings is 2. The van der Waals surface area contributed by atoms with Gasteiger partial charge in [-0.2, -0.15) is 5.10 Å². The molecular weight excluding hydrogens is 424 g/mol. The summed E-state index contributed by atoms with van der Waals surface area (Å²) in [6.45, 7) is 6.43. The molecule has 34 heavy (non-hydrogen) atoms. The van der Waals surface area contributed by atoms with E-state index in [1.807, 2.05) is 43.7 Å². The van der Waals surface area contributed by atoms with Crippen molar-refractivity contribution in [2.75, 3.05) is 38.1 Å². The van der Waals surface area contributed by atoms with Gasteiger partial charge in [0.1, 0.15) is 5.82 Å². The SMILES string of the molecule is Cc1n[nH]cc1-c1nc(N2CCC3(CCN(C)C3)CC2)c2cc(Cc3ccccn3)ncc2n1. The molecule has 0 radical (unpaired) electrons. The van der Waals surface area contributed by atoms with Gasteiger partial charge in [-0.25, -0.2) is 9.97 Å². The first-order valence-corrected chi connectivity index (χ1v) is 12.1. The molecule has 2 aliphatic rings. The van der Waals surface area contributed by atoms with Crippen molar-refractivity contribution in [2.45, 2.75) is 32.6 Å². The van der Waals surface area contributed by atoms with Crippen molar-refractivity contribution < 1.29 is 0 Å². The van der Waals surface area contributed by atoms with Crippen LogP contribution in [0.4, 0.5) is 5.82 Å². The second kappa shape index (κ2) is 8.43. The third kappa shape index (κ3) is 3.92. The van der Waals surface area contributed by atoms with Crippen LogP contribution in [0.2, 0.25) is 0 Å². The Morgan fingerprint density at radius 1 is 1.03 bits per heavy atom. The molecule has 6 rings (SSSR count). The Morgan fingerprint density at radius 3 is 2.59 bits per heavy atom. The van der Waals surface area contributed by atoms with Crippen LogP contribution in [0.15, 0.2) is 42.9 Å². The molecule has 1 N–H and O–H groups in total. The minimum absolute atomic E-state index is 0.462. The van der Waals surface area contributed by atoms with Crippen LogP contribution in [0.1, 0.15) is 36.3 Å². The highest BCUT2D eigenvalue weighted by molar-refractivity contribution is 5.91. The van der Waals surface area contributed by atoms with Crippen LogP contribution in [-0.2, 0) is 6.42 Å². The molecule has 174 valence electrons. The molecule has 2 saturated heterocycles. The molecule has 0 amide bonds. The van der Waals surface area contributed by atoms with E-state index in [1.54, 1.807) is 0 Å². The lowest BCUT2D eigenvalue weighted by Crippen LogP contribution is -2.41. The highest BCUT2D eigenvalue weighted by Gasteiger charge is 2.39. The molecule has 0 aliphatic carbocycles. The predicted octanol–water partition coefficient (Wildman–Crippen LogP) is 3.63. The summed E-state index contributed by atoms with van der Waals surface area (Å²) in [5, 5.41) is 8.29. The molecule has 8 nitrogen and oxygen atoms in total. The van der Waals surface area contributed by atoms with Crippen LogP contribution < -0.4 is 4.90 Å². The third-order valence-corrected chi connectivity index (χ3v) is 7.53. The number of piperidine rings is 1. The lowest BCUT2D eigenvalue weighted by atomic mass is 9.78. The molecule has 4 aromatic rings. The number of fused-ring (bicyclic) bond motifs is 1. The highest BCUT2D eigenvalue weighted by atomic mass is 15.2. The van der Waals surface area contributed by atoms with E-state index in [-0.39, 0.29) is 0 Å². The Labute approximate surface area is 199 Å². The summed E-state index contributed by atoms with van der Waals surface area (Å²) >= 11 is 0. The zero-order valence-electron chi connectivity index (χ0n) is 19.8. The van der Waals surface area contributed by atoms with Gasteiger partial charge in [-0.15, -0.1) is 0 Å². The van der Waals surface area contributed by atoms with Crippen molar-refractivity contribution in [3.8, 4) is 11.4 Å². The van der Waals surface area contributed by atoms with E-state index in [2.05, 4.69) is 38.1 Å². The summed E-state index contributed by atoms with van der Waals surface area (Å²) in [5.41, 5.74) is 5.15. The van der Waals surface area contributed by atoms with Crippen LogP contribution in [0.5, 0.6) is 0 Å². The topological polar surface area (TPSA) is 86.7 Å². The maximum atomic E-state index is 5.11. The first-order valence-electron chi connectivity index (χ1n) is 12.1. The van der Waals surface area contributed by atoms with Crippen LogP contribution in [-0.4, -0.2) is 68.3 Å². The number of hydrogen-bond donors (Lipinski definition) is 1. The van der Waals surface area contributed by atoms with Crippen molar-refractivity contribution in [1.82, 2.24) is 35.0 Å². The minimum atomic E-state index is 0.462. The summed E-state index contributed by atoms with van der Waals surface area (Å²) in [5.74, 6) is 1.71. The van der Waals surface area contributed by atoms with Gasteiger partial charge in [-0.1, -0.05) is 6.07 Å². The van der Waals surface area contributed by atoms with E-state index in [4.69, 9.17) is 15.0 Å². The molecule has 2 aliphatic heterocycles. The van der Waals surface area contributed by atoms with E-state index < -0.39 is 0 Å². The zero-order chi connectivity index (χ0) is 23.1. The van der Waals surface area contributed by atoms with E-state index in [0.29, 0.717) is 17.7 Å². The second-order valence-electron chi connectivity index (χ2n) is 9.92. The number of hydrogen-bond acceptors (Lipinski definition) is 7. The fraction of sp³-hybridized carbons (Fsp3) is 0.423. The predicted molar refractivity (Wildman–Crippen MR) is 133 cm³/mol. The highest BCUT2D eigenvalue weighted by Crippen LogP contribution is 2.41. The Hall–Kier alpha value is -3.39. The van der Waals surface area contributed by atoms with Crippen LogP contribution in [0.3, 0.4) is 0 Å². The zero-order valence-corrected chi connectivity index (χ0v) is 19.8. The molecular formula is C26H30N8. The van der Waals surface area contributed by atoms with Gasteiger partial charge in [0, 0.05) is 55.2 Å². The third-order valence-electron chi connectivity index (χ3n) is 7.53. The van der Waals surface area contributed by atoms with Gasteiger partial charge in [0.05, 0.1) is 23.0 Å². The maximum Gasteiger partial charge on any atom is 0.165 e. The standard InChI is InChI=1S/C26H30N8/c1-18-22(15-29-32-18)24-30-23-16-28-20(13-19-5-3-4-9-27-19)14-21(23)25(31-24)34-11-7-26(8-12-34)6-10-33(2)17-26/h3-5,9,14-16H,6-8,10-13,17H2,1-2H3,(H,29,32). The first kappa shape index (κ1) is 21.2. The normalized spacial score (nSPS) is 18.2. The number of nitrogens with zero attached hydrogens (tertiary/aromatic N) is 7. The summed E-state index contributed by atoms with van der Waals surface area (Å²) in [4.78, 5) is 24.1. The Bertz CT molecular complexity index is 1310. The quantitative estimate of drug-likeness (QED) is 0.504. The number of nitrogens with one attached hydrogen (secondary N) is 1. The van der Waals surface area contributed by atoms with Gasteiger partial charge >= 0.3 is 0 Å². The molecule has 8 heteroatoms. The molecule has 2 fully saturated rings. The van der Waals surface area contributed by atoms with Gasteiger partial charge in [0.15, 0.2) is 5.82 Å². The van der Waals surface area contributed by atoms with Crippen LogP contribution >= 0.6 is 0 Å². The summed E-state index contributed by atoms with van der Waals surface area (Å²) in [6, 6.07) is 8.14. The average Bonchev–Trinajstić information content (AvgIpc) is 3.45. The molecule has 0 bridgehead atoms. The largest absolute Gasteiger partial charge is 0.356 e. The van der Waals surface area contributed by atoms with E-state index in [9.17, 15) is 0 Å². The number of aromatic amines is 1. The Morgan fingerprint density at radius 2 is 1.88 bits per heavy atom. The van der Waals surface area contributed by atoms with Crippen molar-refractivity contribution in [2.24, 2.45) is 5.41 Å². The molecule has 0 unspecified atom stereocenters. The Balaban J connectivity index is 1.39. The first-order chi connectivity index (χ1) is 16.6. The summed E-state index contributed by atoms with van der Waals surface area (Å²) in [6.07, 6.45) is 9.99. The number of H-pyrrole nitrogens is 1. The fourth-order valence-electron chi connectivity index (χ4n) is 5.55. The maximum absolute atomic E-state index is 5.11. The van der Waals surface area contributed by atoms with E-state index in [1.165, 1.54) is 32.4 Å². The van der Waals surface area contributed by atoms with E-state index >= 15 is 0 Å². The number of likely N-dealkylation sites (tertiary alicyclic amines) is 1. The van der Waals surface area contributed by atoms with Crippen molar-refractivity contribution in [3.63, 3.8) is 0 Å². The molecule has 0 saturated carbocycles. The molecule has 6 heterocycles.